The number of nitriles is 1. The molecule has 1 fully saturated rings. The Balaban J connectivity index is 1.85. The van der Waals surface area contributed by atoms with Gasteiger partial charge in [-0.25, -0.2) is 0 Å². The van der Waals surface area contributed by atoms with Crippen molar-refractivity contribution in [3.8, 4) is 11.8 Å². The number of anilines is 1. The van der Waals surface area contributed by atoms with Crippen LogP contribution >= 0.6 is 11.8 Å². The fourth-order valence-electron chi connectivity index (χ4n) is 2.54. The maximum Gasteiger partial charge on any atom is 0.265 e. The number of hydrogen-bond acceptors (Lipinski definition) is 6. The van der Waals surface area contributed by atoms with Crippen LogP contribution in [0.4, 0.5) is 5.69 Å². The Kier molecular flexibility index (Phi) is 5.84. The number of carbonyl (C=O) groups excluding carboxylic acids is 2. The maximum absolute atomic E-state index is 12.5. The highest BCUT2D eigenvalue weighted by Gasteiger charge is 2.33. The summed E-state index contributed by atoms with van der Waals surface area (Å²) in [6.45, 7) is 2.58. The third-order valence-corrected chi connectivity index (χ3v) is 4.80. The Hall–Kier alpha value is -3.18. The van der Waals surface area contributed by atoms with Crippen molar-refractivity contribution in [3.05, 3.63) is 59.0 Å². The molecule has 138 valence electrons. The molecule has 1 saturated heterocycles. The van der Waals surface area contributed by atoms with E-state index < -0.39 is 5.91 Å². The van der Waals surface area contributed by atoms with Gasteiger partial charge in [0, 0.05) is 5.69 Å². The van der Waals surface area contributed by atoms with E-state index in [1.165, 1.54) is 22.9 Å². The molecule has 2 aromatic rings. The number of amides is 2. The van der Waals surface area contributed by atoms with Crippen LogP contribution in [-0.2, 0) is 16.1 Å². The van der Waals surface area contributed by atoms with E-state index in [0.29, 0.717) is 28.8 Å². The molecule has 1 aromatic carbocycles. The number of rotatable bonds is 6. The largest absolute Gasteiger partial charge is 0.494 e. The summed E-state index contributed by atoms with van der Waals surface area (Å²) in [5, 5.41) is 12.5. The predicted octanol–water partition coefficient (Wildman–Crippen LogP) is 2.81. The lowest BCUT2D eigenvalue weighted by Crippen LogP contribution is -2.29. The van der Waals surface area contributed by atoms with Gasteiger partial charge in [0.05, 0.1) is 25.2 Å². The number of nitrogens with one attached hydrogen (secondary N) is 1. The molecular formula is C19H17N3O4S. The van der Waals surface area contributed by atoms with Crippen molar-refractivity contribution >= 4 is 29.3 Å². The molecule has 1 aliphatic heterocycles. The summed E-state index contributed by atoms with van der Waals surface area (Å²) in [6, 6.07) is 12.3. The number of hydrogen-bond donors (Lipinski definition) is 1. The topological polar surface area (TPSA) is 95.6 Å². The van der Waals surface area contributed by atoms with Crippen LogP contribution in [0.5, 0.6) is 5.75 Å². The van der Waals surface area contributed by atoms with Gasteiger partial charge in [-0.1, -0.05) is 11.8 Å². The van der Waals surface area contributed by atoms with Crippen LogP contribution in [0.1, 0.15) is 12.7 Å². The van der Waals surface area contributed by atoms with Crippen LogP contribution in [0, 0.1) is 11.3 Å². The Morgan fingerprint density at radius 2 is 2.15 bits per heavy atom. The first kappa shape index (κ1) is 18.6. The van der Waals surface area contributed by atoms with Crippen LogP contribution in [0.15, 0.2) is 57.7 Å². The van der Waals surface area contributed by atoms with Gasteiger partial charge in [0.2, 0.25) is 5.91 Å². The lowest BCUT2D eigenvalue weighted by molar-refractivity contribution is -0.117. The minimum Gasteiger partial charge on any atom is -0.494 e. The molecule has 1 N–H and O–H groups in total. The zero-order valence-electron chi connectivity index (χ0n) is 14.6. The molecule has 1 aromatic heterocycles. The van der Waals surface area contributed by atoms with Gasteiger partial charge in [-0.15, -0.1) is 0 Å². The molecule has 0 bridgehead atoms. The molecule has 0 saturated carbocycles. The lowest BCUT2D eigenvalue weighted by atomic mass is 10.2. The van der Waals surface area contributed by atoms with E-state index in [4.69, 9.17) is 9.15 Å². The molecule has 8 heteroatoms. The van der Waals surface area contributed by atoms with E-state index in [-0.39, 0.29) is 23.8 Å². The molecule has 0 unspecified atom stereocenters. The standard InChI is InChI=1S/C19H17N3O4S/c1-2-25-14-7-5-13(6-8-14)22-17(23)12-27-19(22)16(10-20)18(24)21-11-15-4-3-9-26-15/h3-9H,2,11-12H2,1H3,(H,21,24)/b19-16-. The van der Waals surface area contributed by atoms with Crippen molar-refractivity contribution in [2.75, 3.05) is 17.3 Å². The van der Waals surface area contributed by atoms with Gasteiger partial charge in [-0.3, -0.25) is 14.5 Å². The third-order valence-electron chi connectivity index (χ3n) is 3.75. The summed E-state index contributed by atoms with van der Waals surface area (Å²) in [4.78, 5) is 26.2. The third kappa shape index (κ3) is 4.15. The van der Waals surface area contributed by atoms with Gasteiger partial charge in [0.25, 0.3) is 5.91 Å². The second kappa shape index (κ2) is 8.47. The molecule has 0 aliphatic carbocycles. The number of carbonyl (C=O) groups is 2. The highest BCUT2D eigenvalue weighted by atomic mass is 32.2. The maximum atomic E-state index is 12.5. The zero-order chi connectivity index (χ0) is 19.2. The summed E-state index contributed by atoms with van der Waals surface area (Å²) in [5.41, 5.74) is 0.473. The Labute approximate surface area is 160 Å². The minimum atomic E-state index is -0.554. The van der Waals surface area contributed by atoms with Gasteiger partial charge in [-0.05, 0) is 43.3 Å². The summed E-state index contributed by atoms with van der Waals surface area (Å²) < 4.78 is 10.6. The zero-order valence-corrected chi connectivity index (χ0v) is 15.4. The number of benzene rings is 1. The van der Waals surface area contributed by atoms with Crippen LogP contribution in [0.2, 0.25) is 0 Å². The lowest BCUT2D eigenvalue weighted by Gasteiger charge is -2.18. The molecule has 1 aliphatic rings. The van der Waals surface area contributed by atoms with Crippen molar-refractivity contribution in [2.45, 2.75) is 13.5 Å². The predicted molar refractivity (Wildman–Crippen MR) is 101 cm³/mol. The minimum absolute atomic E-state index is 0.105. The van der Waals surface area contributed by atoms with Gasteiger partial charge >= 0.3 is 0 Å². The first-order valence-corrected chi connectivity index (χ1v) is 9.26. The van der Waals surface area contributed by atoms with Crippen LogP contribution in [0.25, 0.3) is 0 Å². The van der Waals surface area contributed by atoms with Crippen molar-refractivity contribution in [3.63, 3.8) is 0 Å². The molecule has 0 atom stereocenters. The Morgan fingerprint density at radius 1 is 1.37 bits per heavy atom. The van der Waals surface area contributed by atoms with E-state index in [2.05, 4.69) is 5.32 Å². The number of furan rings is 1. The van der Waals surface area contributed by atoms with E-state index in [0.717, 1.165) is 0 Å². The molecule has 0 spiro atoms. The van der Waals surface area contributed by atoms with Crippen molar-refractivity contribution in [2.24, 2.45) is 0 Å². The number of ether oxygens (including phenoxy) is 1. The number of thioether (sulfide) groups is 1. The van der Waals surface area contributed by atoms with Crippen molar-refractivity contribution < 1.29 is 18.7 Å². The van der Waals surface area contributed by atoms with Gasteiger partial charge in [-0.2, -0.15) is 5.26 Å². The summed E-state index contributed by atoms with van der Waals surface area (Å²) in [6.07, 6.45) is 1.50. The molecule has 0 radical (unpaired) electrons. The normalized spacial score (nSPS) is 15.4. The van der Waals surface area contributed by atoms with E-state index in [9.17, 15) is 14.9 Å². The van der Waals surface area contributed by atoms with E-state index in [1.807, 2.05) is 13.0 Å². The highest BCUT2D eigenvalue weighted by Crippen LogP contribution is 2.36. The first-order chi connectivity index (χ1) is 13.1. The smallest absolute Gasteiger partial charge is 0.265 e. The van der Waals surface area contributed by atoms with Crippen molar-refractivity contribution in [1.82, 2.24) is 5.32 Å². The quantitative estimate of drug-likeness (QED) is 0.609. The number of nitrogens with zero attached hydrogens (tertiary/aromatic N) is 2. The van der Waals surface area contributed by atoms with Gasteiger partial charge in [0.15, 0.2) is 0 Å². The summed E-state index contributed by atoms with van der Waals surface area (Å²) >= 11 is 1.17. The molecule has 2 amide bonds. The Morgan fingerprint density at radius 3 is 2.78 bits per heavy atom. The van der Waals surface area contributed by atoms with Crippen LogP contribution in [-0.4, -0.2) is 24.2 Å². The molecular weight excluding hydrogens is 366 g/mol. The molecule has 27 heavy (non-hydrogen) atoms. The summed E-state index contributed by atoms with van der Waals surface area (Å²) in [5.74, 6) is 0.679. The fraction of sp³-hybridized carbons (Fsp3) is 0.211. The van der Waals surface area contributed by atoms with Gasteiger partial charge < -0.3 is 14.5 Å². The fourth-order valence-corrected chi connectivity index (χ4v) is 3.55. The average molecular weight is 383 g/mol. The molecule has 3 rings (SSSR count). The van der Waals surface area contributed by atoms with Crippen LogP contribution < -0.4 is 15.0 Å². The Bertz CT molecular complexity index is 898. The second-order valence-corrected chi connectivity index (χ2v) is 6.46. The monoisotopic (exact) mass is 383 g/mol. The molecule has 7 nitrogen and oxygen atoms in total. The van der Waals surface area contributed by atoms with Gasteiger partial charge in [0.1, 0.15) is 28.2 Å². The van der Waals surface area contributed by atoms with Crippen LogP contribution in [0.3, 0.4) is 0 Å². The SMILES string of the molecule is CCOc1ccc(N2C(=O)CS/C2=C(/C#N)C(=O)NCc2ccco2)cc1. The highest BCUT2D eigenvalue weighted by molar-refractivity contribution is 8.04. The average Bonchev–Trinajstić information content (AvgIpc) is 3.32. The van der Waals surface area contributed by atoms with E-state index in [1.54, 1.807) is 36.4 Å². The second-order valence-electron chi connectivity index (χ2n) is 5.50. The first-order valence-electron chi connectivity index (χ1n) is 8.27. The van der Waals surface area contributed by atoms with E-state index >= 15 is 0 Å². The summed E-state index contributed by atoms with van der Waals surface area (Å²) in [7, 11) is 0. The molecule has 2 heterocycles. The van der Waals surface area contributed by atoms with Crippen molar-refractivity contribution in [1.29, 1.82) is 5.26 Å².